The molecule has 228 valence electrons. The third kappa shape index (κ3) is 8.28. The van der Waals surface area contributed by atoms with Crippen LogP contribution in [0.2, 0.25) is 0 Å². The molecule has 0 aliphatic carbocycles. The molecule has 1 atom stereocenters. The summed E-state index contributed by atoms with van der Waals surface area (Å²) in [5.74, 6) is -0.0241. The molecular weight excluding hydrogens is 609 g/mol. The summed E-state index contributed by atoms with van der Waals surface area (Å²) in [6, 6.07) is 26.8. The number of thioether (sulfide) groups is 1. The van der Waals surface area contributed by atoms with E-state index in [1.807, 2.05) is 42.6 Å². The Labute approximate surface area is 268 Å². The number of nitrogens with zero attached hydrogens (tertiary/aromatic N) is 1. The number of carbonyl (C=O) groups is 3. The fraction of sp³-hybridized carbons (Fsp3) is 0.118. The smallest absolute Gasteiger partial charge is 0.272 e. The predicted octanol–water partition coefficient (Wildman–Crippen LogP) is 7.33. The second-order valence-corrected chi connectivity index (χ2v) is 11.8. The van der Waals surface area contributed by atoms with Crippen molar-refractivity contribution >= 4 is 57.7 Å². The van der Waals surface area contributed by atoms with Gasteiger partial charge in [0.05, 0.1) is 24.3 Å². The molecule has 2 aromatic heterocycles. The van der Waals surface area contributed by atoms with Crippen molar-refractivity contribution in [1.29, 1.82) is 0 Å². The van der Waals surface area contributed by atoms with Gasteiger partial charge in [0.25, 0.3) is 11.8 Å². The van der Waals surface area contributed by atoms with Crippen molar-refractivity contribution in [3.05, 3.63) is 120 Å². The Morgan fingerprint density at radius 2 is 1.78 bits per heavy atom. The van der Waals surface area contributed by atoms with Crippen LogP contribution in [0.15, 0.2) is 118 Å². The lowest BCUT2D eigenvalue weighted by Gasteiger charge is -2.15. The van der Waals surface area contributed by atoms with Crippen molar-refractivity contribution in [2.45, 2.75) is 23.5 Å². The number of hydrogen-bond donors (Lipinski definition) is 3. The Morgan fingerprint density at radius 1 is 0.978 bits per heavy atom. The summed E-state index contributed by atoms with van der Waals surface area (Å²) in [5.41, 5.74) is 2.49. The Hall–Kier alpha value is -5.13. The van der Waals surface area contributed by atoms with Gasteiger partial charge in [0.15, 0.2) is 5.13 Å². The molecule has 5 rings (SSSR count). The van der Waals surface area contributed by atoms with Crippen LogP contribution in [-0.2, 0) is 9.59 Å². The lowest BCUT2D eigenvalue weighted by atomic mass is 10.1. The first-order chi connectivity index (χ1) is 21.9. The standard InChI is InChI=1S/C34H30N4O5S2/c1-3-30(33(41)38-34-37-28(21-44-34)26-16-7-8-17-29(26)42-2)45-25-15-9-13-23(19-25)35-32(40)27(20-24-14-10-18-43-24)36-31(39)22-11-5-4-6-12-22/h4-21,30H,3H2,1-2H3,(H,35,40)(H,36,39)(H,37,38,41)/b27-20-. The maximum Gasteiger partial charge on any atom is 0.272 e. The molecular formula is C34H30N4O5S2. The fourth-order valence-corrected chi connectivity index (χ4v) is 6.01. The molecule has 1 unspecified atom stereocenters. The van der Waals surface area contributed by atoms with Crippen LogP contribution >= 0.6 is 23.1 Å². The first kappa shape index (κ1) is 31.3. The average molecular weight is 639 g/mol. The van der Waals surface area contributed by atoms with Gasteiger partial charge in [-0.1, -0.05) is 43.3 Å². The molecule has 5 aromatic rings. The van der Waals surface area contributed by atoms with Crippen LogP contribution in [0.1, 0.15) is 29.5 Å². The van der Waals surface area contributed by atoms with Crippen molar-refractivity contribution < 1.29 is 23.5 Å². The van der Waals surface area contributed by atoms with Crippen molar-refractivity contribution in [2.24, 2.45) is 0 Å². The highest BCUT2D eigenvalue weighted by Gasteiger charge is 2.21. The third-order valence-electron chi connectivity index (χ3n) is 6.51. The number of hydrogen-bond acceptors (Lipinski definition) is 8. The van der Waals surface area contributed by atoms with Crippen LogP contribution in [0.3, 0.4) is 0 Å². The highest BCUT2D eigenvalue weighted by Crippen LogP contribution is 2.33. The van der Waals surface area contributed by atoms with E-state index in [2.05, 4.69) is 20.9 Å². The summed E-state index contributed by atoms with van der Waals surface area (Å²) in [5, 5.41) is 10.4. The fourth-order valence-electron chi connectivity index (χ4n) is 4.29. The number of furan rings is 1. The number of carbonyl (C=O) groups excluding carboxylic acids is 3. The molecule has 45 heavy (non-hydrogen) atoms. The lowest BCUT2D eigenvalue weighted by Crippen LogP contribution is -2.30. The van der Waals surface area contributed by atoms with Gasteiger partial charge in [-0.15, -0.1) is 23.1 Å². The molecule has 3 N–H and O–H groups in total. The Bertz CT molecular complexity index is 1800. The normalized spacial score (nSPS) is 11.8. The van der Waals surface area contributed by atoms with E-state index < -0.39 is 17.1 Å². The number of ether oxygens (including phenoxy) is 1. The SMILES string of the molecule is CCC(Sc1cccc(NC(=O)/C(=C/c2ccco2)NC(=O)c2ccccc2)c1)C(=O)Nc1nc(-c2ccccc2OC)cs1. The van der Waals surface area contributed by atoms with Gasteiger partial charge in [0.2, 0.25) is 5.91 Å². The first-order valence-corrected chi connectivity index (χ1v) is 15.8. The van der Waals surface area contributed by atoms with Crippen molar-refractivity contribution in [1.82, 2.24) is 10.3 Å². The van der Waals surface area contributed by atoms with Gasteiger partial charge in [0.1, 0.15) is 17.2 Å². The molecule has 0 aliphatic rings. The van der Waals surface area contributed by atoms with Crippen LogP contribution in [0, 0.1) is 0 Å². The number of methoxy groups -OCH3 is 1. The molecule has 0 bridgehead atoms. The van der Waals surface area contributed by atoms with E-state index in [9.17, 15) is 14.4 Å². The molecule has 0 saturated carbocycles. The number of thiazole rings is 1. The summed E-state index contributed by atoms with van der Waals surface area (Å²) in [6.07, 6.45) is 3.51. The second kappa shape index (κ2) is 15.0. The van der Waals surface area contributed by atoms with Gasteiger partial charge in [-0.3, -0.25) is 14.4 Å². The first-order valence-electron chi connectivity index (χ1n) is 14.0. The van der Waals surface area contributed by atoms with E-state index >= 15 is 0 Å². The zero-order valence-corrected chi connectivity index (χ0v) is 26.1. The molecule has 3 aromatic carbocycles. The number of aromatic nitrogens is 1. The molecule has 0 radical (unpaired) electrons. The minimum absolute atomic E-state index is 0.0126. The van der Waals surface area contributed by atoms with Crippen LogP contribution < -0.4 is 20.7 Å². The highest BCUT2D eigenvalue weighted by molar-refractivity contribution is 8.00. The molecule has 11 heteroatoms. The molecule has 0 spiro atoms. The maximum absolute atomic E-state index is 13.3. The Morgan fingerprint density at radius 3 is 2.53 bits per heavy atom. The number of amides is 3. The number of benzene rings is 3. The number of anilines is 2. The van der Waals surface area contributed by atoms with Crippen molar-refractivity contribution in [3.8, 4) is 17.0 Å². The van der Waals surface area contributed by atoms with E-state index in [4.69, 9.17) is 9.15 Å². The topological polar surface area (TPSA) is 123 Å². The van der Waals surface area contributed by atoms with Gasteiger partial charge < -0.3 is 25.1 Å². The summed E-state index contributed by atoms with van der Waals surface area (Å²) in [7, 11) is 1.61. The molecule has 3 amide bonds. The average Bonchev–Trinajstić information content (AvgIpc) is 3.76. The van der Waals surface area contributed by atoms with Gasteiger partial charge in [-0.25, -0.2) is 4.98 Å². The maximum atomic E-state index is 13.3. The van der Waals surface area contributed by atoms with E-state index in [-0.39, 0.29) is 11.6 Å². The van der Waals surface area contributed by atoms with E-state index in [1.54, 1.807) is 67.8 Å². The van der Waals surface area contributed by atoms with E-state index in [1.165, 1.54) is 35.4 Å². The molecule has 0 saturated heterocycles. The van der Waals surface area contributed by atoms with Crippen LogP contribution in [0.5, 0.6) is 5.75 Å². The largest absolute Gasteiger partial charge is 0.496 e. The summed E-state index contributed by atoms with van der Waals surface area (Å²) >= 11 is 2.73. The van der Waals surface area contributed by atoms with Crippen LogP contribution in [0.25, 0.3) is 17.3 Å². The zero-order chi connectivity index (χ0) is 31.6. The number of rotatable bonds is 12. The molecule has 0 fully saturated rings. The monoisotopic (exact) mass is 638 g/mol. The van der Waals surface area contributed by atoms with Crippen LogP contribution in [0.4, 0.5) is 10.8 Å². The summed E-state index contributed by atoms with van der Waals surface area (Å²) in [4.78, 5) is 44.8. The minimum Gasteiger partial charge on any atom is -0.496 e. The molecule has 0 aliphatic heterocycles. The summed E-state index contributed by atoms with van der Waals surface area (Å²) < 4.78 is 10.8. The van der Waals surface area contributed by atoms with Crippen molar-refractivity contribution in [2.75, 3.05) is 17.7 Å². The Kier molecular flexibility index (Phi) is 10.5. The Balaban J connectivity index is 1.25. The lowest BCUT2D eigenvalue weighted by molar-refractivity contribution is -0.116. The third-order valence-corrected chi connectivity index (χ3v) is 8.63. The van der Waals surface area contributed by atoms with Crippen LogP contribution in [-0.4, -0.2) is 35.1 Å². The van der Waals surface area contributed by atoms with Gasteiger partial charge in [0, 0.05) is 33.2 Å². The van der Waals surface area contributed by atoms with E-state index in [0.29, 0.717) is 34.3 Å². The van der Waals surface area contributed by atoms with Gasteiger partial charge in [-0.05, 0) is 61.0 Å². The minimum atomic E-state index is -0.530. The zero-order valence-electron chi connectivity index (χ0n) is 24.5. The second-order valence-electron chi connectivity index (χ2n) is 9.62. The van der Waals surface area contributed by atoms with Gasteiger partial charge >= 0.3 is 0 Å². The highest BCUT2D eigenvalue weighted by atomic mass is 32.2. The molecule has 2 heterocycles. The quantitative estimate of drug-likeness (QED) is 0.0966. The number of para-hydroxylation sites is 1. The van der Waals surface area contributed by atoms with Gasteiger partial charge in [-0.2, -0.15) is 0 Å². The summed E-state index contributed by atoms with van der Waals surface area (Å²) in [6.45, 7) is 1.94. The molecule has 9 nitrogen and oxygen atoms in total. The van der Waals surface area contributed by atoms with E-state index in [0.717, 1.165) is 16.2 Å². The predicted molar refractivity (Wildman–Crippen MR) is 178 cm³/mol. The van der Waals surface area contributed by atoms with Crippen molar-refractivity contribution in [3.63, 3.8) is 0 Å². The number of nitrogens with one attached hydrogen (secondary N) is 3.